The van der Waals surface area contributed by atoms with Crippen LogP contribution in [0.5, 0.6) is 5.75 Å². The minimum Gasteiger partial charge on any atom is -0.495 e. The Morgan fingerprint density at radius 2 is 1.83 bits per heavy atom. The molecule has 0 aliphatic rings. The number of nitrogens with one attached hydrogen (secondary N) is 2. The third kappa shape index (κ3) is 4.43. The molecule has 23 heavy (non-hydrogen) atoms. The molecule has 0 aromatic heterocycles. The molecule has 0 bridgehead atoms. The molecule has 0 fully saturated rings. The van der Waals surface area contributed by atoms with E-state index in [4.69, 9.17) is 4.74 Å². The van der Waals surface area contributed by atoms with E-state index in [9.17, 15) is 14.3 Å². The number of para-hydroxylation sites is 2. The van der Waals surface area contributed by atoms with Gasteiger partial charge in [0.15, 0.2) is 0 Å². The molecule has 0 aliphatic carbocycles. The van der Waals surface area contributed by atoms with E-state index in [1.165, 1.54) is 31.4 Å². The van der Waals surface area contributed by atoms with Crippen LogP contribution in [0.15, 0.2) is 48.5 Å². The third-order valence-electron chi connectivity index (χ3n) is 3.40. The molecule has 0 saturated carbocycles. The second-order valence-corrected chi connectivity index (χ2v) is 5.08. The van der Waals surface area contributed by atoms with Crippen LogP contribution in [-0.4, -0.2) is 24.3 Å². The number of amides is 2. The minimum atomic E-state index is -0.945. The van der Waals surface area contributed by atoms with Crippen molar-refractivity contribution in [1.29, 1.82) is 0 Å². The van der Waals surface area contributed by atoms with Gasteiger partial charge >= 0.3 is 6.03 Å². The van der Waals surface area contributed by atoms with Crippen molar-refractivity contribution in [1.82, 2.24) is 5.32 Å². The second kappa shape index (κ2) is 7.60. The second-order valence-electron chi connectivity index (χ2n) is 5.08. The number of benzene rings is 2. The van der Waals surface area contributed by atoms with Crippen molar-refractivity contribution in [2.24, 2.45) is 0 Å². The van der Waals surface area contributed by atoms with Gasteiger partial charge in [-0.15, -0.1) is 0 Å². The summed E-state index contributed by atoms with van der Waals surface area (Å²) in [5.41, 5.74) is 1.05. The lowest BCUT2D eigenvalue weighted by Gasteiger charge is -2.21. The molecule has 0 aliphatic heterocycles. The monoisotopic (exact) mass is 318 g/mol. The highest BCUT2D eigenvalue weighted by Gasteiger charge is 2.19. The predicted octanol–water partition coefficient (Wildman–Crippen LogP) is 3.08. The molecular formula is C17H19FN2O3. The summed E-state index contributed by atoms with van der Waals surface area (Å²) in [6, 6.07) is 11.5. The molecule has 0 radical (unpaired) electrons. The number of aliphatic hydroxyl groups excluding tert-OH is 1. The molecule has 2 atom stereocenters. The standard InChI is InChI=1S/C17H19FN2O3/c1-11(16(21)12-7-9-13(18)10-8-12)19-17(22)20-14-5-3-4-6-15(14)23-2/h3-11,16,21H,1-2H3,(H2,19,20,22). The van der Waals surface area contributed by atoms with Crippen molar-refractivity contribution >= 4 is 11.7 Å². The maximum absolute atomic E-state index is 12.9. The van der Waals surface area contributed by atoms with Crippen molar-refractivity contribution in [2.45, 2.75) is 19.1 Å². The smallest absolute Gasteiger partial charge is 0.319 e. The third-order valence-corrected chi connectivity index (χ3v) is 3.40. The number of hydrogen-bond acceptors (Lipinski definition) is 3. The molecule has 122 valence electrons. The van der Waals surface area contributed by atoms with E-state index in [0.717, 1.165) is 0 Å². The van der Waals surface area contributed by atoms with E-state index >= 15 is 0 Å². The Balaban J connectivity index is 1.97. The zero-order valence-corrected chi connectivity index (χ0v) is 12.9. The van der Waals surface area contributed by atoms with Gasteiger partial charge in [0, 0.05) is 0 Å². The zero-order chi connectivity index (χ0) is 16.8. The van der Waals surface area contributed by atoms with Gasteiger partial charge in [0.2, 0.25) is 0 Å². The molecule has 0 heterocycles. The van der Waals surface area contributed by atoms with Gasteiger partial charge in [0.1, 0.15) is 11.6 Å². The highest BCUT2D eigenvalue weighted by molar-refractivity contribution is 5.91. The van der Waals surface area contributed by atoms with Gasteiger partial charge in [0.25, 0.3) is 0 Å². The molecule has 0 saturated heterocycles. The summed E-state index contributed by atoms with van der Waals surface area (Å²) in [4.78, 5) is 12.0. The van der Waals surface area contributed by atoms with Crippen LogP contribution in [0.25, 0.3) is 0 Å². The number of ether oxygens (including phenoxy) is 1. The van der Waals surface area contributed by atoms with Crippen LogP contribution in [0, 0.1) is 5.82 Å². The molecule has 0 spiro atoms. The van der Waals surface area contributed by atoms with Gasteiger partial charge in [-0.2, -0.15) is 0 Å². The average Bonchev–Trinajstić information content (AvgIpc) is 2.55. The zero-order valence-electron chi connectivity index (χ0n) is 12.9. The van der Waals surface area contributed by atoms with Crippen LogP contribution in [0.4, 0.5) is 14.9 Å². The fourth-order valence-corrected chi connectivity index (χ4v) is 2.14. The fraction of sp³-hybridized carbons (Fsp3) is 0.235. The Labute approximate surface area is 134 Å². The van der Waals surface area contributed by atoms with Crippen LogP contribution in [0.3, 0.4) is 0 Å². The average molecular weight is 318 g/mol. The Hall–Kier alpha value is -2.60. The van der Waals surface area contributed by atoms with Crippen molar-refractivity contribution in [3.63, 3.8) is 0 Å². The van der Waals surface area contributed by atoms with Gasteiger partial charge in [-0.3, -0.25) is 0 Å². The quantitative estimate of drug-likeness (QED) is 0.793. The first-order valence-corrected chi connectivity index (χ1v) is 7.15. The summed E-state index contributed by atoms with van der Waals surface area (Å²) in [6.07, 6.45) is -0.945. The largest absolute Gasteiger partial charge is 0.495 e. The van der Waals surface area contributed by atoms with Crippen molar-refractivity contribution in [3.05, 3.63) is 59.9 Å². The highest BCUT2D eigenvalue weighted by atomic mass is 19.1. The van der Waals surface area contributed by atoms with E-state index in [2.05, 4.69) is 10.6 Å². The lowest BCUT2D eigenvalue weighted by molar-refractivity contribution is 0.139. The summed E-state index contributed by atoms with van der Waals surface area (Å²) in [5, 5.41) is 15.5. The van der Waals surface area contributed by atoms with E-state index in [1.807, 2.05) is 0 Å². The van der Waals surface area contributed by atoms with Crippen LogP contribution in [-0.2, 0) is 0 Å². The molecule has 2 rings (SSSR count). The molecule has 3 N–H and O–H groups in total. The number of carbonyl (C=O) groups is 1. The first-order valence-electron chi connectivity index (χ1n) is 7.15. The van der Waals surface area contributed by atoms with Gasteiger partial charge in [-0.25, -0.2) is 9.18 Å². The fourth-order valence-electron chi connectivity index (χ4n) is 2.14. The Morgan fingerprint density at radius 3 is 2.48 bits per heavy atom. The number of anilines is 1. The van der Waals surface area contributed by atoms with Crippen LogP contribution in [0.1, 0.15) is 18.6 Å². The van der Waals surface area contributed by atoms with Crippen molar-refractivity contribution in [2.75, 3.05) is 12.4 Å². The van der Waals surface area contributed by atoms with Crippen LogP contribution >= 0.6 is 0 Å². The molecule has 2 aromatic carbocycles. The van der Waals surface area contributed by atoms with Gasteiger partial charge in [-0.05, 0) is 36.8 Å². The summed E-state index contributed by atoms with van der Waals surface area (Å²) in [7, 11) is 1.51. The van der Waals surface area contributed by atoms with E-state index in [-0.39, 0.29) is 5.82 Å². The lowest BCUT2D eigenvalue weighted by Crippen LogP contribution is -2.39. The predicted molar refractivity (Wildman–Crippen MR) is 86.0 cm³/mol. The molecule has 2 amide bonds. The molecule has 5 nitrogen and oxygen atoms in total. The summed E-state index contributed by atoms with van der Waals surface area (Å²) in [5.74, 6) is 0.157. The number of halogens is 1. The first kappa shape index (κ1) is 16.8. The van der Waals surface area contributed by atoms with Crippen LogP contribution < -0.4 is 15.4 Å². The number of aliphatic hydroxyl groups is 1. The van der Waals surface area contributed by atoms with Crippen molar-refractivity contribution < 1.29 is 19.0 Å². The first-order chi connectivity index (χ1) is 11.0. The number of hydrogen-bond donors (Lipinski definition) is 3. The molecular weight excluding hydrogens is 299 g/mol. The van der Waals surface area contributed by atoms with E-state index in [1.54, 1.807) is 31.2 Å². The molecule has 2 aromatic rings. The van der Waals surface area contributed by atoms with E-state index < -0.39 is 18.2 Å². The summed E-state index contributed by atoms with van der Waals surface area (Å²) < 4.78 is 18.1. The van der Waals surface area contributed by atoms with Gasteiger partial charge < -0.3 is 20.5 Å². The van der Waals surface area contributed by atoms with Gasteiger partial charge in [-0.1, -0.05) is 24.3 Å². The minimum absolute atomic E-state index is 0.379. The number of methoxy groups -OCH3 is 1. The van der Waals surface area contributed by atoms with Gasteiger partial charge in [0.05, 0.1) is 24.9 Å². The summed E-state index contributed by atoms with van der Waals surface area (Å²) in [6.45, 7) is 1.66. The lowest BCUT2D eigenvalue weighted by atomic mass is 10.0. The van der Waals surface area contributed by atoms with Crippen molar-refractivity contribution in [3.8, 4) is 5.75 Å². The molecule has 2 unspecified atom stereocenters. The maximum Gasteiger partial charge on any atom is 0.319 e. The number of carbonyl (C=O) groups excluding carboxylic acids is 1. The summed E-state index contributed by atoms with van der Waals surface area (Å²) >= 11 is 0. The highest BCUT2D eigenvalue weighted by Crippen LogP contribution is 2.23. The maximum atomic E-state index is 12.9. The van der Waals surface area contributed by atoms with E-state index in [0.29, 0.717) is 17.0 Å². The normalized spacial score (nSPS) is 13.0. The molecule has 6 heteroatoms. The number of urea groups is 1. The topological polar surface area (TPSA) is 70.6 Å². The Kier molecular flexibility index (Phi) is 5.54. The SMILES string of the molecule is COc1ccccc1NC(=O)NC(C)C(O)c1ccc(F)cc1. The number of rotatable bonds is 5. The Bertz CT molecular complexity index is 661. The van der Waals surface area contributed by atoms with Crippen LogP contribution in [0.2, 0.25) is 0 Å². The Morgan fingerprint density at radius 1 is 1.17 bits per heavy atom.